The largest absolute Gasteiger partial charge is 0.360 e. The quantitative estimate of drug-likeness (QED) is 0.627. The molecule has 1 amide bonds. The molecule has 1 aliphatic rings. The Bertz CT molecular complexity index is 1070. The maximum Gasteiger partial charge on any atom is 0.268 e. The van der Waals surface area contributed by atoms with Crippen molar-refractivity contribution in [2.24, 2.45) is 0 Å². The summed E-state index contributed by atoms with van der Waals surface area (Å²) in [6.07, 6.45) is 4.48. The number of hydrazine groups is 1. The molecule has 0 bridgehead atoms. The summed E-state index contributed by atoms with van der Waals surface area (Å²) in [4.78, 5) is 17.7. The van der Waals surface area contributed by atoms with Crippen LogP contribution < -0.4 is 10.3 Å². The van der Waals surface area contributed by atoms with Gasteiger partial charge in [-0.1, -0.05) is 24.3 Å². The minimum atomic E-state index is -3.81. The monoisotopic (exact) mass is 355 g/mol. The summed E-state index contributed by atoms with van der Waals surface area (Å²) < 4.78 is 24.9. The zero-order valence-electron chi connectivity index (χ0n) is 13.4. The van der Waals surface area contributed by atoms with Crippen molar-refractivity contribution in [1.82, 2.24) is 15.2 Å². The van der Waals surface area contributed by atoms with Crippen molar-refractivity contribution in [2.45, 2.75) is 24.2 Å². The van der Waals surface area contributed by atoms with Crippen molar-refractivity contribution in [1.29, 1.82) is 0 Å². The van der Waals surface area contributed by atoms with E-state index in [0.29, 0.717) is 5.56 Å². The molecule has 25 heavy (non-hydrogen) atoms. The minimum absolute atomic E-state index is 0.160. The van der Waals surface area contributed by atoms with E-state index in [-0.39, 0.29) is 4.90 Å². The van der Waals surface area contributed by atoms with Crippen LogP contribution in [-0.2, 0) is 22.9 Å². The zero-order valence-corrected chi connectivity index (χ0v) is 14.2. The van der Waals surface area contributed by atoms with Crippen LogP contribution in [0.1, 0.15) is 27.9 Å². The molecule has 2 aromatic carbocycles. The maximum absolute atomic E-state index is 12.4. The van der Waals surface area contributed by atoms with E-state index < -0.39 is 15.9 Å². The van der Waals surface area contributed by atoms with E-state index >= 15 is 0 Å². The van der Waals surface area contributed by atoms with E-state index in [4.69, 9.17) is 0 Å². The number of fused-ring (bicyclic) bond motifs is 2. The number of hydrogen-bond acceptors (Lipinski definition) is 3. The van der Waals surface area contributed by atoms with Gasteiger partial charge in [0.2, 0.25) is 0 Å². The normalized spacial score (nSPS) is 13.8. The number of aromatic nitrogens is 1. The number of nitrogens with one attached hydrogen (secondary N) is 3. The smallest absolute Gasteiger partial charge is 0.268 e. The number of sulfonamides is 1. The van der Waals surface area contributed by atoms with E-state index in [9.17, 15) is 13.2 Å². The number of H-pyrrole nitrogens is 1. The fourth-order valence-electron chi connectivity index (χ4n) is 3.21. The number of benzene rings is 2. The fraction of sp³-hybridized carbons (Fsp3) is 0.167. The van der Waals surface area contributed by atoms with Crippen LogP contribution in [0.2, 0.25) is 0 Å². The van der Waals surface area contributed by atoms with Crippen molar-refractivity contribution in [3.63, 3.8) is 0 Å². The van der Waals surface area contributed by atoms with Gasteiger partial charge in [-0.3, -0.25) is 10.2 Å². The topological polar surface area (TPSA) is 91.1 Å². The third-order valence-corrected chi connectivity index (χ3v) is 5.76. The molecule has 0 atom stereocenters. The number of amides is 1. The minimum Gasteiger partial charge on any atom is -0.360 e. The first-order valence-electron chi connectivity index (χ1n) is 8.05. The van der Waals surface area contributed by atoms with Gasteiger partial charge in [0, 0.05) is 17.1 Å². The summed E-state index contributed by atoms with van der Waals surface area (Å²) in [5.41, 5.74) is 5.74. The molecule has 0 saturated carbocycles. The van der Waals surface area contributed by atoms with E-state index in [1.807, 2.05) is 24.3 Å². The van der Waals surface area contributed by atoms with Crippen LogP contribution in [0.3, 0.4) is 0 Å². The second-order valence-electron chi connectivity index (χ2n) is 6.09. The summed E-state index contributed by atoms with van der Waals surface area (Å²) in [6, 6.07) is 12.4. The van der Waals surface area contributed by atoms with Gasteiger partial charge < -0.3 is 4.98 Å². The molecule has 1 aliphatic carbocycles. The van der Waals surface area contributed by atoms with E-state index in [1.54, 1.807) is 24.4 Å². The highest BCUT2D eigenvalue weighted by Crippen LogP contribution is 2.24. The van der Waals surface area contributed by atoms with Crippen molar-refractivity contribution in [3.05, 3.63) is 65.4 Å². The third kappa shape index (κ3) is 2.92. The highest BCUT2D eigenvalue weighted by atomic mass is 32.2. The van der Waals surface area contributed by atoms with E-state index in [1.165, 1.54) is 5.56 Å². The Hall–Kier alpha value is -2.64. The zero-order chi connectivity index (χ0) is 17.4. The Morgan fingerprint density at radius 3 is 2.72 bits per heavy atom. The molecule has 0 fully saturated rings. The van der Waals surface area contributed by atoms with Crippen molar-refractivity contribution in [3.8, 4) is 0 Å². The second-order valence-corrected chi connectivity index (χ2v) is 7.77. The molecule has 0 spiro atoms. The highest BCUT2D eigenvalue weighted by Gasteiger charge is 2.20. The second kappa shape index (κ2) is 6.02. The van der Waals surface area contributed by atoms with Crippen molar-refractivity contribution < 1.29 is 13.2 Å². The van der Waals surface area contributed by atoms with E-state index in [0.717, 1.165) is 35.7 Å². The predicted molar refractivity (Wildman–Crippen MR) is 94.6 cm³/mol. The molecule has 6 nitrogen and oxygen atoms in total. The fourth-order valence-corrected chi connectivity index (χ4v) is 4.10. The number of rotatable bonds is 4. The Balaban J connectivity index is 1.53. The van der Waals surface area contributed by atoms with Crippen molar-refractivity contribution >= 4 is 26.8 Å². The Kier molecular flexibility index (Phi) is 3.82. The molecule has 7 heteroatoms. The number of carbonyl (C=O) groups is 1. The summed E-state index contributed by atoms with van der Waals surface area (Å²) in [5, 5.41) is 0.733. The van der Waals surface area contributed by atoms with Gasteiger partial charge >= 0.3 is 0 Å². The van der Waals surface area contributed by atoms with Crippen LogP contribution in [0.15, 0.2) is 53.6 Å². The van der Waals surface area contributed by atoms with Gasteiger partial charge in [-0.25, -0.2) is 8.42 Å². The lowest BCUT2D eigenvalue weighted by molar-refractivity contribution is 0.0947. The van der Waals surface area contributed by atoms with Crippen LogP contribution in [0.25, 0.3) is 10.9 Å². The average Bonchev–Trinajstić information content (AvgIpc) is 3.25. The van der Waals surface area contributed by atoms with Crippen LogP contribution in [0.5, 0.6) is 0 Å². The number of aromatic amines is 1. The standard InChI is InChI=1S/C18H17N3O3S/c22-18(16-11-19-17-7-2-1-6-15(16)17)20-21-25(23,24)14-9-8-12-4-3-5-13(12)10-14/h1-2,6-11,19,21H,3-5H2,(H,20,22). The molecule has 3 N–H and O–H groups in total. The molecular weight excluding hydrogens is 338 g/mol. The summed E-state index contributed by atoms with van der Waals surface area (Å²) in [5.74, 6) is -0.512. The molecular formula is C18H17N3O3S. The number of aryl methyl sites for hydroxylation is 2. The molecule has 3 aromatic rings. The molecule has 0 aliphatic heterocycles. The molecule has 0 radical (unpaired) electrons. The first-order valence-corrected chi connectivity index (χ1v) is 9.53. The molecule has 0 saturated heterocycles. The Morgan fingerprint density at radius 2 is 1.84 bits per heavy atom. The number of carbonyl (C=O) groups excluding carboxylic acids is 1. The molecule has 1 heterocycles. The lowest BCUT2D eigenvalue weighted by Crippen LogP contribution is -2.41. The van der Waals surface area contributed by atoms with Crippen LogP contribution >= 0.6 is 0 Å². The maximum atomic E-state index is 12.4. The van der Waals surface area contributed by atoms with Crippen LogP contribution in [0.4, 0.5) is 0 Å². The van der Waals surface area contributed by atoms with Crippen LogP contribution in [0, 0.1) is 0 Å². The van der Waals surface area contributed by atoms with E-state index in [2.05, 4.69) is 15.2 Å². The number of hydrogen-bond donors (Lipinski definition) is 3. The first-order chi connectivity index (χ1) is 12.0. The van der Waals surface area contributed by atoms with Gasteiger partial charge in [-0.05, 0) is 48.6 Å². The summed E-state index contributed by atoms with van der Waals surface area (Å²) >= 11 is 0. The Labute approximate surface area is 145 Å². The summed E-state index contributed by atoms with van der Waals surface area (Å²) in [6.45, 7) is 0. The van der Waals surface area contributed by atoms with Gasteiger partial charge in [0.05, 0.1) is 10.5 Å². The lowest BCUT2D eigenvalue weighted by atomic mass is 10.1. The number of para-hydroxylation sites is 1. The van der Waals surface area contributed by atoms with Gasteiger partial charge in [0.15, 0.2) is 0 Å². The van der Waals surface area contributed by atoms with Gasteiger partial charge in [-0.15, -0.1) is 4.83 Å². The molecule has 128 valence electrons. The average molecular weight is 355 g/mol. The SMILES string of the molecule is O=C(NNS(=O)(=O)c1ccc2c(c1)CCC2)c1c[nH]c2ccccc12. The van der Waals surface area contributed by atoms with Gasteiger partial charge in [0.25, 0.3) is 15.9 Å². The summed E-state index contributed by atoms with van der Waals surface area (Å²) in [7, 11) is -3.81. The lowest BCUT2D eigenvalue weighted by Gasteiger charge is -2.09. The van der Waals surface area contributed by atoms with Crippen molar-refractivity contribution in [2.75, 3.05) is 0 Å². The third-order valence-electron chi connectivity index (χ3n) is 4.51. The Morgan fingerprint density at radius 1 is 1.04 bits per heavy atom. The van der Waals surface area contributed by atoms with Gasteiger partial charge in [-0.2, -0.15) is 0 Å². The predicted octanol–water partition coefficient (Wildman–Crippen LogP) is 2.28. The first kappa shape index (κ1) is 15.9. The highest BCUT2D eigenvalue weighted by molar-refractivity contribution is 7.89. The van der Waals surface area contributed by atoms with Crippen LogP contribution in [-0.4, -0.2) is 19.3 Å². The molecule has 4 rings (SSSR count). The molecule has 0 unspecified atom stereocenters. The van der Waals surface area contributed by atoms with Gasteiger partial charge in [0.1, 0.15) is 0 Å². The molecule has 1 aromatic heterocycles.